The molecular formula is C15H26N4O. The smallest absolute Gasteiger partial charge is 0.225 e. The van der Waals surface area contributed by atoms with Crippen molar-refractivity contribution in [2.75, 3.05) is 13.1 Å². The fourth-order valence-electron chi connectivity index (χ4n) is 2.81. The zero-order chi connectivity index (χ0) is 14.7. The quantitative estimate of drug-likeness (QED) is 0.881. The van der Waals surface area contributed by atoms with Crippen LogP contribution in [0, 0.1) is 18.8 Å². The van der Waals surface area contributed by atoms with Crippen LogP contribution in [0.2, 0.25) is 0 Å². The first-order valence-electron chi connectivity index (χ1n) is 7.50. The molecule has 0 aliphatic carbocycles. The Morgan fingerprint density at radius 3 is 2.90 bits per heavy atom. The number of H-pyrrole nitrogens is 1. The SMILES string of the molecule is Cc1[nH]ncc1CNC1CCN(C(=O)C(C)C)CC1C. The Morgan fingerprint density at radius 2 is 2.35 bits per heavy atom. The molecule has 2 atom stereocenters. The fraction of sp³-hybridized carbons (Fsp3) is 0.733. The van der Waals surface area contributed by atoms with Gasteiger partial charge in [0.25, 0.3) is 0 Å². The van der Waals surface area contributed by atoms with Gasteiger partial charge < -0.3 is 10.2 Å². The molecule has 1 saturated heterocycles. The summed E-state index contributed by atoms with van der Waals surface area (Å²) >= 11 is 0. The lowest BCUT2D eigenvalue weighted by atomic mass is 9.93. The van der Waals surface area contributed by atoms with Crippen molar-refractivity contribution in [3.63, 3.8) is 0 Å². The van der Waals surface area contributed by atoms with Crippen molar-refractivity contribution in [1.82, 2.24) is 20.4 Å². The van der Waals surface area contributed by atoms with Gasteiger partial charge in [-0.05, 0) is 19.3 Å². The number of carbonyl (C=O) groups excluding carboxylic acids is 1. The highest BCUT2D eigenvalue weighted by Gasteiger charge is 2.29. The monoisotopic (exact) mass is 278 g/mol. The Morgan fingerprint density at radius 1 is 1.60 bits per heavy atom. The summed E-state index contributed by atoms with van der Waals surface area (Å²) in [7, 11) is 0. The Kier molecular flexibility index (Phi) is 4.81. The number of rotatable bonds is 4. The van der Waals surface area contributed by atoms with Gasteiger partial charge in [0.2, 0.25) is 5.91 Å². The molecule has 0 aromatic carbocycles. The number of amides is 1. The molecule has 112 valence electrons. The van der Waals surface area contributed by atoms with Gasteiger partial charge in [0.1, 0.15) is 0 Å². The van der Waals surface area contributed by atoms with Crippen molar-refractivity contribution >= 4 is 5.91 Å². The van der Waals surface area contributed by atoms with Crippen molar-refractivity contribution in [3.05, 3.63) is 17.5 Å². The molecule has 5 nitrogen and oxygen atoms in total. The van der Waals surface area contributed by atoms with Crippen LogP contribution in [0.4, 0.5) is 0 Å². The second-order valence-electron chi connectivity index (χ2n) is 6.21. The summed E-state index contributed by atoms with van der Waals surface area (Å²) in [6, 6.07) is 0.473. The van der Waals surface area contributed by atoms with Gasteiger partial charge in [0.05, 0.1) is 6.20 Å². The van der Waals surface area contributed by atoms with E-state index in [1.54, 1.807) is 0 Å². The number of piperidine rings is 1. The zero-order valence-corrected chi connectivity index (χ0v) is 12.9. The van der Waals surface area contributed by atoms with Crippen LogP contribution in [-0.2, 0) is 11.3 Å². The predicted molar refractivity (Wildman–Crippen MR) is 79.2 cm³/mol. The molecule has 0 saturated carbocycles. The van der Waals surface area contributed by atoms with Crippen molar-refractivity contribution in [3.8, 4) is 0 Å². The van der Waals surface area contributed by atoms with E-state index in [0.29, 0.717) is 12.0 Å². The summed E-state index contributed by atoms with van der Waals surface area (Å²) in [6.45, 7) is 10.8. The largest absolute Gasteiger partial charge is 0.342 e. The Labute approximate surface area is 121 Å². The summed E-state index contributed by atoms with van der Waals surface area (Å²) in [6.07, 6.45) is 2.90. The molecule has 5 heteroatoms. The maximum Gasteiger partial charge on any atom is 0.225 e. The lowest BCUT2D eigenvalue weighted by molar-refractivity contribution is -0.136. The molecular weight excluding hydrogens is 252 g/mol. The molecule has 1 aromatic rings. The number of aromatic amines is 1. The van der Waals surface area contributed by atoms with Crippen LogP contribution in [0.5, 0.6) is 0 Å². The third kappa shape index (κ3) is 3.39. The van der Waals surface area contributed by atoms with Crippen LogP contribution in [-0.4, -0.2) is 40.1 Å². The molecule has 0 radical (unpaired) electrons. The number of aromatic nitrogens is 2. The minimum Gasteiger partial charge on any atom is -0.342 e. The van der Waals surface area contributed by atoms with Gasteiger partial charge in [-0.3, -0.25) is 9.89 Å². The Hall–Kier alpha value is -1.36. The minimum atomic E-state index is 0.0975. The highest BCUT2D eigenvalue weighted by atomic mass is 16.2. The van der Waals surface area contributed by atoms with Gasteiger partial charge in [-0.2, -0.15) is 5.10 Å². The number of hydrogen-bond acceptors (Lipinski definition) is 3. The Bertz CT molecular complexity index is 454. The highest BCUT2D eigenvalue weighted by Crippen LogP contribution is 2.19. The van der Waals surface area contributed by atoms with Gasteiger partial charge in [-0.1, -0.05) is 20.8 Å². The summed E-state index contributed by atoms with van der Waals surface area (Å²) in [5.41, 5.74) is 2.34. The first-order valence-corrected chi connectivity index (χ1v) is 7.50. The molecule has 2 heterocycles. The van der Waals surface area contributed by atoms with Gasteiger partial charge in [0, 0.05) is 42.9 Å². The predicted octanol–water partition coefficient (Wildman–Crippen LogP) is 1.70. The minimum absolute atomic E-state index is 0.0975. The molecule has 2 N–H and O–H groups in total. The van der Waals surface area contributed by atoms with Gasteiger partial charge in [0.15, 0.2) is 0 Å². The molecule has 1 aliphatic rings. The first-order chi connectivity index (χ1) is 9.49. The second kappa shape index (κ2) is 6.39. The van der Waals surface area contributed by atoms with E-state index in [9.17, 15) is 4.79 Å². The summed E-state index contributed by atoms with van der Waals surface area (Å²) < 4.78 is 0. The number of likely N-dealkylation sites (tertiary alicyclic amines) is 1. The second-order valence-corrected chi connectivity index (χ2v) is 6.21. The van der Waals surface area contributed by atoms with E-state index in [2.05, 4.69) is 22.4 Å². The lowest BCUT2D eigenvalue weighted by Crippen LogP contribution is -2.50. The van der Waals surface area contributed by atoms with Crippen LogP contribution in [0.3, 0.4) is 0 Å². The third-order valence-electron chi connectivity index (χ3n) is 4.20. The van der Waals surface area contributed by atoms with Crippen molar-refractivity contribution < 1.29 is 4.79 Å². The first kappa shape index (κ1) is 15.0. The van der Waals surface area contributed by atoms with E-state index in [4.69, 9.17) is 0 Å². The van der Waals surface area contributed by atoms with Crippen LogP contribution in [0.25, 0.3) is 0 Å². The van der Waals surface area contributed by atoms with E-state index in [1.165, 1.54) is 5.56 Å². The van der Waals surface area contributed by atoms with Crippen molar-refractivity contribution in [2.24, 2.45) is 11.8 Å². The maximum absolute atomic E-state index is 12.0. The fourth-order valence-corrected chi connectivity index (χ4v) is 2.81. The van der Waals surface area contributed by atoms with E-state index >= 15 is 0 Å². The standard InChI is InChI=1S/C15H26N4O/c1-10(2)15(20)19-6-5-14(11(3)9-19)16-7-13-8-17-18-12(13)4/h8,10-11,14,16H,5-7,9H2,1-4H3,(H,17,18). The third-order valence-corrected chi connectivity index (χ3v) is 4.20. The average molecular weight is 278 g/mol. The van der Waals surface area contributed by atoms with Crippen molar-refractivity contribution in [2.45, 2.75) is 46.7 Å². The summed E-state index contributed by atoms with van der Waals surface area (Å²) in [4.78, 5) is 14.0. The molecule has 1 fully saturated rings. The molecule has 0 spiro atoms. The van der Waals surface area contributed by atoms with Gasteiger partial charge in [-0.25, -0.2) is 0 Å². The number of aryl methyl sites for hydroxylation is 1. The summed E-state index contributed by atoms with van der Waals surface area (Å²) in [5.74, 6) is 0.861. The van der Waals surface area contributed by atoms with E-state index in [1.807, 2.05) is 31.9 Å². The van der Waals surface area contributed by atoms with E-state index in [0.717, 1.165) is 31.7 Å². The average Bonchev–Trinajstić information content (AvgIpc) is 2.82. The number of nitrogens with one attached hydrogen (secondary N) is 2. The Balaban J connectivity index is 1.84. The molecule has 1 amide bonds. The van der Waals surface area contributed by atoms with Crippen LogP contribution in [0.1, 0.15) is 38.4 Å². The highest BCUT2D eigenvalue weighted by molar-refractivity contribution is 5.78. The lowest BCUT2D eigenvalue weighted by Gasteiger charge is -2.38. The topological polar surface area (TPSA) is 61.0 Å². The molecule has 20 heavy (non-hydrogen) atoms. The maximum atomic E-state index is 12.0. The van der Waals surface area contributed by atoms with E-state index < -0.39 is 0 Å². The van der Waals surface area contributed by atoms with Crippen LogP contribution in [0.15, 0.2) is 6.20 Å². The molecule has 1 aromatic heterocycles. The number of carbonyl (C=O) groups is 1. The van der Waals surface area contributed by atoms with Crippen LogP contribution < -0.4 is 5.32 Å². The van der Waals surface area contributed by atoms with Crippen molar-refractivity contribution in [1.29, 1.82) is 0 Å². The molecule has 2 unspecified atom stereocenters. The number of nitrogens with zero attached hydrogens (tertiary/aromatic N) is 2. The van der Waals surface area contributed by atoms with E-state index in [-0.39, 0.29) is 11.8 Å². The molecule has 1 aliphatic heterocycles. The summed E-state index contributed by atoms with van der Waals surface area (Å²) in [5, 5.41) is 10.6. The number of hydrogen-bond donors (Lipinski definition) is 2. The molecule has 0 bridgehead atoms. The normalized spacial score (nSPS) is 23.4. The zero-order valence-electron chi connectivity index (χ0n) is 12.9. The van der Waals surface area contributed by atoms with Gasteiger partial charge >= 0.3 is 0 Å². The van der Waals surface area contributed by atoms with Crippen LogP contribution >= 0.6 is 0 Å². The molecule has 2 rings (SSSR count). The van der Waals surface area contributed by atoms with Gasteiger partial charge in [-0.15, -0.1) is 0 Å².